The van der Waals surface area contributed by atoms with E-state index < -0.39 is 11.4 Å². The van der Waals surface area contributed by atoms with Crippen molar-refractivity contribution < 1.29 is 20.9 Å². The van der Waals surface area contributed by atoms with Crippen LogP contribution in [-0.2, 0) is 11.4 Å². The molecule has 1 aromatic carbocycles. The average molecular weight is 199 g/mol. The summed E-state index contributed by atoms with van der Waals surface area (Å²) in [5.74, 6) is 0.241. The first-order valence-corrected chi connectivity index (χ1v) is 3.75. The van der Waals surface area contributed by atoms with E-state index in [2.05, 4.69) is 4.18 Å². The van der Waals surface area contributed by atoms with Gasteiger partial charge in [0.05, 0.1) is 0 Å². The number of hydrogen-bond donors (Lipinski definition) is 1. The van der Waals surface area contributed by atoms with E-state index >= 15 is 0 Å². The second-order valence-corrected chi connectivity index (χ2v) is 2.36. The Morgan fingerprint density at radius 1 is 1.42 bits per heavy atom. The van der Waals surface area contributed by atoms with Crippen molar-refractivity contribution in [2.45, 2.75) is 0 Å². The first-order valence-electron chi connectivity index (χ1n) is 2.75. The van der Waals surface area contributed by atoms with Crippen LogP contribution in [0.1, 0.15) is 2.85 Å². The predicted molar refractivity (Wildman–Crippen MR) is 45.6 cm³/mol. The van der Waals surface area contributed by atoms with Crippen molar-refractivity contribution in [1.82, 2.24) is 0 Å². The summed E-state index contributed by atoms with van der Waals surface area (Å²) in [7, 11) is 0. The molecule has 1 N–H and O–H groups in total. The summed E-state index contributed by atoms with van der Waals surface area (Å²) in [6.07, 6.45) is 0. The van der Waals surface area contributed by atoms with Gasteiger partial charge in [-0.2, -0.15) is 0 Å². The predicted octanol–water partition coefficient (Wildman–Crippen LogP) is 0.409. The molecular weight excluding hydrogens is 192 g/mol. The monoisotopic (exact) mass is 199 g/mol. The summed E-state index contributed by atoms with van der Waals surface area (Å²) < 4.78 is 24.2. The van der Waals surface area contributed by atoms with Gasteiger partial charge in [0.25, 0.3) is 0 Å². The van der Waals surface area contributed by atoms with Gasteiger partial charge in [0.15, 0.2) is 0 Å². The molecule has 4 nitrogen and oxygen atoms in total. The van der Waals surface area contributed by atoms with Crippen LogP contribution in [-0.4, -0.2) is 36.9 Å². The van der Waals surface area contributed by atoms with E-state index in [4.69, 9.17) is 5.11 Å². The van der Waals surface area contributed by atoms with E-state index in [1.54, 1.807) is 0 Å². The molecule has 0 saturated carbocycles. The van der Waals surface area contributed by atoms with Gasteiger partial charge in [0, 0.05) is 0 Å². The van der Waals surface area contributed by atoms with Gasteiger partial charge in [0.1, 0.15) is 22.9 Å². The molecule has 1 unspecified atom stereocenters. The van der Waals surface area contributed by atoms with E-state index in [0.717, 1.165) is 0 Å². The van der Waals surface area contributed by atoms with Crippen LogP contribution >= 0.6 is 0 Å². The number of phenolic OH excluding ortho intramolecular Hbond substituents is 1. The maximum absolute atomic E-state index is 9.97. The van der Waals surface area contributed by atoms with Crippen molar-refractivity contribution in [2.24, 2.45) is 0 Å². The summed E-state index contributed by atoms with van der Waals surface area (Å²) in [6.45, 7) is 0. The molecule has 0 heterocycles. The zero-order valence-corrected chi connectivity index (χ0v) is 8.33. The Balaban J connectivity index is -0.000000403. The molecule has 0 amide bonds. The second-order valence-electron chi connectivity index (χ2n) is 1.78. The largest absolute Gasteiger partial charge is 2.00 e. The number of rotatable bonds is 2. The number of aromatic hydroxyl groups is 1. The smallest absolute Gasteiger partial charge is 1.00 e. The van der Waals surface area contributed by atoms with Gasteiger partial charge in [-0.25, -0.2) is 4.21 Å². The first-order chi connectivity index (χ1) is 5.18. The maximum Gasteiger partial charge on any atom is 2.00 e. The van der Waals surface area contributed by atoms with E-state index in [9.17, 15) is 8.76 Å². The van der Waals surface area contributed by atoms with Gasteiger partial charge in [-0.3, -0.25) is 0 Å². The molecular formula is C6H7MgO4S-. The van der Waals surface area contributed by atoms with E-state index in [0.29, 0.717) is 0 Å². The number of hydrogen-bond acceptors (Lipinski definition) is 4. The third kappa shape index (κ3) is 3.91. The van der Waals surface area contributed by atoms with Gasteiger partial charge < -0.3 is 16.7 Å². The number of benzene rings is 1. The molecule has 0 aliphatic heterocycles. The Kier molecular flexibility index (Phi) is 5.23. The molecule has 1 atom stereocenters. The van der Waals surface area contributed by atoms with Crippen molar-refractivity contribution >= 4 is 34.4 Å². The van der Waals surface area contributed by atoms with Crippen molar-refractivity contribution in [3.05, 3.63) is 24.3 Å². The van der Waals surface area contributed by atoms with E-state index in [1.165, 1.54) is 24.3 Å². The van der Waals surface area contributed by atoms with Gasteiger partial charge in [0.2, 0.25) is 0 Å². The van der Waals surface area contributed by atoms with Gasteiger partial charge >= 0.3 is 23.1 Å². The summed E-state index contributed by atoms with van der Waals surface area (Å²) >= 11 is -2.55. The van der Waals surface area contributed by atoms with Crippen LogP contribution in [0.15, 0.2) is 24.3 Å². The Bertz CT molecular complexity index is 269. The van der Waals surface area contributed by atoms with Crippen LogP contribution in [0.5, 0.6) is 11.5 Å². The fourth-order valence-corrected chi connectivity index (χ4v) is 0.849. The van der Waals surface area contributed by atoms with Gasteiger partial charge in [-0.15, -0.1) is 0 Å². The van der Waals surface area contributed by atoms with Crippen LogP contribution in [0.2, 0.25) is 0 Å². The quantitative estimate of drug-likeness (QED) is 0.553. The molecule has 0 aliphatic carbocycles. The first kappa shape index (κ1) is 11.7. The molecule has 0 radical (unpaired) electrons. The maximum atomic E-state index is 9.97. The molecule has 0 fully saturated rings. The Hall–Kier alpha value is -0.304. The molecule has 0 aliphatic rings. The van der Waals surface area contributed by atoms with Crippen LogP contribution in [0.4, 0.5) is 0 Å². The van der Waals surface area contributed by atoms with Crippen LogP contribution in [0.25, 0.3) is 0 Å². The minimum Gasteiger partial charge on any atom is -1.00 e. The minimum atomic E-state index is -2.55. The standard InChI is InChI=1S/C6H6O4S.Mg.2H/c7-5-1-3-6(4-2-5)10-11(8)9;;;/h1-4,7H,(H,8,9);;;/q;+2;2*-1/p-1. The van der Waals surface area contributed by atoms with Crippen molar-refractivity contribution in [1.29, 1.82) is 0 Å². The molecule has 64 valence electrons. The van der Waals surface area contributed by atoms with Crippen molar-refractivity contribution in [2.75, 3.05) is 0 Å². The van der Waals surface area contributed by atoms with Crippen LogP contribution < -0.4 is 4.18 Å². The Morgan fingerprint density at radius 3 is 2.33 bits per heavy atom. The zero-order valence-electron chi connectivity index (χ0n) is 8.10. The normalized spacial score (nSPS) is 11.4. The summed E-state index contributed by atoms with van der Waals surface area (Å²) in [4.78, 5) is 0. The molecule has 0 spiro atoms. The zero-order chi connectivity index (χ0) is 8.27. The molecule has 6 heteroatoms. The topological polar surface area (TPSA) is 69.6 Å². The molecule has 1 rings (SSSR count). The summed E-state index contributed by atoms with van der Waals surface area (Å²) in [5, 5.41) is 8.78. The fraction of sp³-hybridized carbons (Fsp3) is 0. The average Bonchev–Trinajstić information content (AvgIpc) is 1.93. The van der Waals surface area contributed by atoms with E-state index in [-0.39, 0.29) is 37.4 Å². The summed E-state index contributed by atoms with van der Waals surface area (Å²) in [5.41, 5.74) is 0. The second kappa shape index (κ2) is 5.36. The molecule has 12 heavy (non-hydrogen) atoms. The van der Waals surface area contributed by atoms with E-state index in [1.807, 2.05) is 0 Å². The van der Waals surface area contributed by atoms with Crippen molar-refractivity contribution in [3.63, 3.8) is 0 Å². The van der Waals surface area contributed by atoms with Crippen LogP contribution in [0.3, 0.4) is 0 Å². The Labute approximate surface area is 91.2 Å². The third-order valence-electron chi connectivity index (χ3n) is 1.00. The number of phenols is 1. The van der Waals surface area contributed by atoms with Gasteiger partial charge in [-0.1, -0.05) is 0 Å². The van der Waals surface area contributed by atoms with Crippen molar-refractivity contribution in [3.8, 4) is 11.5 Å². The fourth-order valence-electron chi connectivity index (χ4n) is 0.580. The third-order valence-corrected chi connectivity index (χ3v) is 1.33. The summed E-state index contributed by atoms with van der Waals surface area (Å²) in [6, 6.07) is 5.38. The molecule has 1 aromatic rings. The molecule has 0 saturated heterocycles. The molecule has 0 aromatic heterocycles. The minimum absolute atomic E-state index is 0. The Morgan fingerprint density at radius 2 is 1.92 bits per heavy atom. The SMILES string of the molecule is O=S([O-])Oc1ccc(O)cc1.[H-].[H-].[Mg+2]. The van der Waals surface area contributed by atoms with Crippen LogP contribution in [0, 0.1) is 0 Å². The molecule has 0 bridgehead atoms. The van der Waals surface area contributed by atoms with Gasteiger partial charge in [-0.05, 0) is 24.3 Å².